The van der Waals surface area contributed by atoms with Crippen molar-refractivity contribution in [1.29, 1.82) is 0 Å². The molecule has 1 amide bonds. The average molecular weight is 390 g/mol. The lowest BCUT2D eigenvalue weighted by Gasteiger charge is -2.20. The van der Waals surface area contributed by atoms with Gasteiger partial charge in [0, 0.05) is 22.5 Å². The topological polar surface area (TPSA) is 144 Å². The number of halogens is 1. The second-order valence-electron chi connectivity index (χ2n) is 6.56. The van der Waals surface area contributed by atoms with Gasteiger partial charge in [0.25, 0.3) is 5.91 Å². The molecule has 2 aromatic rings. The zero-order chi connectivity index (χ0) is 19.6. The van der Waals surface area contributed by atoms with Crippen LogP contribution in [0.5, 0.6) is 0 Å². The van der Waals surface area contributed by atoms with Crippen LogP contribution < -0.4 is 16.8 Å². The molecule has 3 rings (SSSR count). The summed E-state index contributed by atoms with van der Waals surface area (Å²) < 4.78 is 0. The quantitative estimate of drug-likeness (QED) is 0.455. The van der Waals surface area contributed by atoms with Gasteiger partial charge < -0.3 is 21.9 Å². The van der Waals surface area contributed by atoms with Crippen molar-refractivity contribution in [3.05, 3.63) is 35.0 Å². The molecule has 0 saturated heterocycles. The van der Waals surface area contributed by atoms with Crippen molar-refractivity contribution >= 4 is 46.0 Å². The first-order valence-corrected chi connectivity index (χ1v) is 8.96. The van der Waals surface area contributed by atoms with Gasteiger partial charge in [0.15, 0.2) is 11.8 Å². The number of nitrogens with two attached hydrogens (primary N) is 2. The SMILES string of the molecule is NC(N)=Nc1ncc(Cl)c2ccc(C(=O)N[C@H](C(=O)O)C3CCCC3)cc12. The van der Waals surface area contributed by atoms with E-state index in [0.29, 0.717) is 15.8 Å². The molecular weight excluding hydrogens is 370 g/mol. The number of benzene rings is 1. The summed E-state index contributed by atoms with van der Waals surface area (Å²) in [6, 6.07) is 3.88. The predicted octanol–water partition coefficient (Wildman–Crippen LogP) is 2.17. The molecular formula is C18H20ClN5O3. The van der Waals surface area contributed by atoms with Crippen LogP contribution in [0.25, 0.3) is 10.8 Å². The Bertz CT molecular complexity index is 921. The van der Waals surface area contributed by atoms with E-state index >= 15 is 0 Å². The second-order valence-corrected chi connectivity index (χ2v) is 6.97. The summed E-state index contributed by atoms with van der Waals surface area (Å²) in [5.74, 6) is -1.50. The number of guanidine groups is 1. The Hall–Kier alpha value is -2.87. The third-order valence-electron chi connectivity index (χ3n) is 4.74. The number of aliphatic imine (C=N–C) groups is 1. The molecule has 27 heavy (non-hydrogen) atoms. The van der Waals surface area contributed by atoms with Crippen LogP contribution in [-0.4, -0.2) is 34.0 Å². The highest BCUT2D eigenvalue weighted by molar-refractivity contribution is 6.35. The van der Waals surface area contributed by atoms with Gasteiger partial charge in [0.1, 0.15) is 6.04 Å². The summed E-state index contributed by atoms with van der Waals surface area (Å²) in [6.07, 6.45) is 4.97. The Morgan fingerprint density at radius 2 is 1.96 bits per heavy atom. The van der Waals surface area contributed by atoms with E-state index in [9.17, 15) is 14.7 Å². The van der Waals surface area contributed by atoms with Gasteiger partial charge in [-0.2, -0.15) is 4.99 Å². The molecule has 1 aromatic heterocycles. The Morgan fingerprint density at radius 1 is 1.26 bits per heavy atom. The Balaban J connectivity index is 1.94. The standard InChI is InChI=1S/C18H20ClN5O3/c19-13-8-22-15(24-18(20)21)12-7-10(5-6-11(12)13)16(25)23-14(17(26)27)9-3-1-2-4-9/h5-9,14H,1-4H2,(H,23,25)(H,26,27)(H4,20,21,22,24)/t14-/m0/s1. The van der Waals surface area contributed by atoms with Gasteiger partial charge in [-0.05, 0) is 30.9 Å². The fourth-order valence-electron chi connectivity index (χ4n) is 3.44. The van der Waals surface area contributed by atoms with Crippen LogP contribution >= 0.6 is 11.6 Å². The molecule has 1 heterocycles. The molecule has 1 aliphatic rings. The van der Waals surface area contributed by atoms with Crippen LogP contribution in [-0.2, 0) is 4.79 Å². The van der Waals surface area contributed by atoms with Gasteiger partial charge in [-0.15, -0.1) is 0 Å². The predicted molar refractivity (Wildman–Crippen MR) is 103 cm³/mol. The van der Waals surface area contributed by atoms with E-state index in [2.05, 4.69) is 15.3 Å². The van der Waals surface area contributed by atoms with Crippen molar-refractivity contribution in [2.45, 2.75) is 31.7 Å². The number of hydrogen-bond donors (Lipinski definition) is 4. The maximum absolute atomic E-state index is 12.7. The number of aromatic nitrogens is 1. The van der Waals surface area contributed by atoms with Crippen LogP contribution in [0.3, 0.4) is 0 Å². The maximum Gasteiger partial charge on any atom is 0.326 e. The van der Waals surface area contributed by atoms with Crippen LogP contribution in [0.4, 0.5) is 5.82 Å². The minimum absolute atomic E-state index is 0.0554. The Labute approximate surface area is 160 Å². The number of carboxylic acids is 1. The number of pyridine rings is 1. The van der Waals surface area contributed by atoms with Crippen molar-refractivity contribution in [1.82, 2.24) is 10.3 Å². The minimum atomic E-state index is -1.03. The summed E-state index contributed by atoms with van der Waals surface area (Å²) in [4.78, 5) is 32.3. The molecule has 1 saturated carbocycles. The third kappa shape index (κ3) is 4.11. The van der Waals surface area contributed by atoms with Gasteiger partial charge >= 0.3 is 5.97 Å². The summed E-state index contributed by atoms with van der Waals surface area (Å²) >= 11 is 6.16. The Morgan fingerprint density at radius 3 is 2.59 bits per heavy atom. The van der Waals surface area contributed by atoms with E-state index in [0.717, 1.165) is 25.7 Å². The number of nitrogens with zero attached hydrogens (tertiary/aromatic N) is 2. The molecule has 0 bridgehead atoms. The highest BCUT2D eigenvalue weighted by atomic mass is 35.5. The monoisotopic (exact) mass is 389 g/mol. The van der Waals surface area contributed by atoms with Crippen molar-refractivity contribution in [2.24, 2.45) is 22.4 Å². The summed E-state index contributed by atoms with van der Waals surface area (Å²) in [7, 11) is 0. The van der Waals surface area contributed by atoms with E-state index in [1.54, 1.807) is 18.2 Å². The zero-order valence-electron chi connectivity index (χ0n) is 14.5. The van der Waals surface area contributed by atoms with Crippen molar-refractivity contribution < 1.29 is 14.7 Å². The largest absolute Gasteiger partial charge is 0.480 e. The lowest BCUT2D eigenvalue weighted by molar-refractivity contribution is -0.140. The molecule has 0 spiro atoms. The van der Waals surface area contributed by atoms with Crippen molar-refractivity contribution in [3.8, 4) is 0 Å². The minimum Gasteiger partial charge on any atom is -0.480 e. The highest BCUT2D eigenvalue weighted by Crippen LogP contribution is 2.31. The van der Waals surface area contributed by atoms with E-state index in [4.69, 9.17) is 23.1 Å². The lowest BCUT2D eigenvalue weighted by Crippen LogP contribution is -2.45. The van der Waals surface area contributed by atoms with Crippen LogP contribution in [0, 0.1) is 5.92 Å². The van der Waals surface area contributed by atoms with Crippen LogP contribution in [0.1, 0.15) is 36.0 Å². The molecule has 8 nitrogen and oxygen atoms in total. The number of hydrogen-bond acceptors (Lipinski definition) is 4. The molecule has 9 heteroatoms. The molecule has 0 aliphatic heterocycles. The molecule has 0 unspecified atom stereocenters. The van der Waals surface area contributed by atoms with E-state index < -0.39 is 17.9 Å². The molecule has 1 fully saturated rings. The van der Waals surface area contributed by atoms with Gasteiger partial charge in [-0.1, -0.05) is 30.5 Å². The highest BCUT2D eigenvalue weighted by Gasteiger charge is 2.32. The van der Waals surface area contributed by atoms with Gasteiger partial charge in [0.2, 0.25) is 0 Å². The summed E-state index contributed by atoms with van der Waals surface area (Å²) in [6.45, 7) is 0. The fraction of sp³-hybridized carbons (Fsp3) is 0.333. The third-order valence-corrected chi connectivity index (χ3v) is 5.04. The summed E-state index contributed by atoms with van der Waals surface area (Å²) in [5, 5.41) is 13.6. The molecule has 1 atom stereocenters. The van der Waals surface area contributed by atoms with E-state index in [1.165, 1.54) is 6.20 Å². The second kappa shape index (κ2) is 7.79. The number of amides is 1. The first-order valence-electron chi connectivity index (χ1n) is 8.58. The number of nitrogens with one attached hydrogen (secondary N) is 1. The Kier molecular flexibility index (Phi) is 5.46. The number of carboxylic acid groups (broad SMARTS) is 1. The fourth-order valence-corrected chi connectivity index (χ4v) is 3.66. The number of carbonyl (C=O) groups is 2. The van der Waals surface area contributed by atoms with Gasteiger partial charge in [0.05, 0.1) is 5.02 Å². The normalized spacial score (nSPS) is 15.4. The van der Waals surface area contributed by atoms with Crippen molar-refractivity contribution in [3.63, 3.8) is 0 Å². The summed E-state index contributed by atoms with van der Waals surface area (Å²) in [5.41, 5.74) is 11.1. The van der Waals surface area contributed by atoms with Gasteiger partial charge in [-0.25, -0.2) is 9.78 Å². The van der Waals surface area contributed by atoms with Gasteiger partial charge in [-0.3, -0.25) is 4.79 Å². The number of rotatable bonds is 5. The first-order chi connectivity index (χ1) is 12.9. The van der Waals surface area contributed by atoms with Crippen LogP contribution in [0.15, 0.2) is 29.4 Å². The number of carbonyl (C=O) groups excluding carboxylic acids is 1. The smallest absolute Gasteiger partial charge is 0.326 e. The maximum atomic E-state index is 12.7. The number of fused-ring (bicyclic) bond motifs is 1. The average Bonchev–Trinajstić information content (AvgIpc) is 3.15. The molecule has 1 aromatic carbocycles. The molecule has 142 valence electrons. The first kappa shape index (κ1) is 18.9. The van der Waals surface area contributed by atoms with Crippen molar-refractivity contribution in [2.75, 3.05) is 0 Å². The van der Waals surface area contributed by atoms with E-state index in [1.807, 2.05) is 0 Å². The van der Waals surface area contributed by atoms with E-state index in [-0.39, 0.29) is 23.3 Å². The number of aliphatic carboxylic acids is 1. The molecule has 6 N–H and O–H groups in total. The van der Waals surface area contributed by atoms with Crippen LogP contribution in [0.2, 0.25) is 5.02 Å². The molecule has 1 aliphatic carbocycles. The zero-order valence-corrected chi connectivity index (χ0v) is 15.2. The molecule has 0 radical (unpaired) electrons. The lowest BCUT2D eigenvalue weighted by atomic mass is 9.97.